The Balaban J connectivity index is 1.64. The van der Waals surface area contributed by atoms with Crippen LogP contribution in [0.15, 0.2) is 54.6 Å². The average molecular weight is 392 g/mol. The second-order valence-electron chi connectivity index (χ2n) is 6.36. The molecule has 29 heavy (non-hydrogen) atoms. The minimum Gasteiger partial charge on any atom is -0.497 e. The lowest BCUT2D eigenvalue weighted by Crippen LogP contribution is -2.27. The number of rotatable bonds is 8. The molecule has 1 aromatic heterocycles. The maximum atomic E-state index is 12.6. The first-order chi connectivity index (χ1) is 14.1. The molecule has 0 saturated heterocycles. The Hall–Kier alpha value is -3.61. The summed E-state index contributed by atoms with van der Waals surface area (Å²) < 4.78 is 10.5. The lowest BCUT2D eigenvalue weighted by molar-refractivity contribution is 0.0948. The molecule has 3 rings (SSSR count). The van der Waals surface area contributed by atoms with Gasteiger partial charge in [0.25, 0.3) is 5.91 Å². The van der Waals surface area contributed by atoms with E-state index in [1.54, 1.807) is 27.2 Å². The molecule has 7 nitrogen and oxygen atoms in total. The lowest BCUT2D eigenvalue weighted by atomic mass is 10.1. The van der Waals surface area contributed by atoms with Crippen molar-refractivity contribution in [1.29, 1.82) is 0 Å². The third-order valence-electron chi connectivity index (χ3n) is 4.31. The Kier molecular flexibility index (Phi) is 6.63. The highest BCUT2D eigenvalue weighted by Crippen LogP contribution is 2.20. The number of aromatic nitrogens is 2. The lowest BCUT2D eigenvalue weighted by Gasteiger charge is -2.11. The molecule has 7 heteroatoms. The average Bonchev–Trinajstić information content (AvgIpc) is 2.74. The predicted molar refractivity (Wildman–Crippen MR) is 112 cm³/mol. The number of anilines is 2. The van der Waals surface area contributed by atoms with Gasteiger partial charge in [-0.1, -0.05) is 18.2 Å². The van der Waals surface area contributed by atoms with E-state index in [0.29, 0.717) is 30.3 Å². The van der Waals surface area contributed by atoms with Crippen molar-refractivity contribution in [2.75, 3.05) is 26.1 Å². The van der Waals surface area contributed by atoms with Crippen molar-refractivity contribution in [2.24, 2.45) is 0 Å². The highest BCUT2D eigenvalue weighted by molar-refractivity contribution is 5.93. The summed E-state index contributed by atoms with van der Waals surface area (Å²) >= 11 is 0. The third-order valence-corrected chi connectivity index (χ3v) is 4.31. The number of nitrogens with one attached hydrogen (secondary N) is 2. The summed E-state index contributed by atoms with van der Waals surface area (Å²) in [7, 11) is 3.26. The first kappa shape index (κ1) is 20.1. The zero-order valence-electron chi connectivity index (χ0n) is 16.7. The van der Waals surface area contributed by atoms with Crippen LogP contribution in [0.25, 0.3) is 0 Å². The van der Waals surface area contributed by atoms with Crippen LogP contribution in [0.3, 0.4) is 0 Å². The van der Waals surface area contributed by atoms with Gasteiger partial charge in [0.1, 0.15) is 28.8 Å². The molecule has 0 atom stereocenters. The third kappa shape index (κ3) is 5.44. The van der Waals surface area contributed by atoms with Gasteiger partial charge in [-0.15, -0.1) is 0 Å². The van der Waals surface area contributed by atoms with E-state index in [-0.39, 0.29) is 5.91 Å². The number of amides is 1. The second-order valence-corrected chi connectivity index (χ2v) is 6.36. The molecule has 2 aromatic carbocycles. The van der Waals surface area contributed by atoms with Crippen molar-refractivity contribution in [3.8, 4) is 11.5 Å². The number of hydrogen-bond donors (Lipinski definition) is 2. The van der Waals surface area contributed by atoms with Crippen molar-refractivity contribution in [3.05, 3.63) is 71.7 Å². The van der Waals surface area contributed by atoms with Crippen molar-refractivity contribution < 1.29 is 14.3 Å². The first-order valence-electron chi connectivity index (χ1n) is 9.26. The fraction of sp³-hybridized carbons (Fsp3) is 0.227. The standard InChI is InChI=1S/C22H24N4O3/c1-15-24-19(14-21(25-15)26-17-8-10-18(28-2)11-9-17)22(27)23-13-12-16-6-4-5-7-20(16)29-3/h4-11,14H,12-13H2,1-3H3,(H,23,27)(H,24,25,26). The van der Waals surface area contributed by atoms with Crippen LogP contribution < -0.4 is 20.1 Å². The van der Waals surface area contributed by atoms with Gasteiger partial charge in [-0.2, -0.15) is 0 Å². The smallest absolute Gasteiger partial charge is 0.270 e. The molecule has 0 saturated carbocycles. The highest BCUT2D eigenvalue weighted by Gasteiger charge is 2.11. The maximum Gasteiger partial charge on any atom is 0.270 e. The van der Waals surface area contributed by atoms with Gasteiger partial charge in [-0.25, -0.2) is 9.97 Å². The van der Waals surface area contributed by atoms with Crippen LogP contribution in [0.4, 0.5) is 11.5 Å². The van der Waals surface area contributed by atoms with Crippen LogP contribution in [-0.2, 0) is 6.42 Å². The molecule has 0 fully saturated rings. The Morgan fingerprint density at radius 3 is 2.48 bits per heavy atom. The van der Waals surface area contributed by atoms with E-state index >= 15 is 0 Å². The Bertz CT molecular complexity index is 974. The van der Waals surface area contributed by atoms with Crippen LogP contribution in [0.1, 0.15) is 21.9 Å². The molecule has 1 heterocycles. The number of hydrogen-bond acceptors (Lipinski definition) is 6. The van der Waals surface area contributed by atoms with Gasteiger partial charge in [-0.3, -0.25) is 4.79 Å². The van der Waals surface area contributed by atoms with Crippen LogP contribution in [0.2, 0.25) is 0 Å². The normalized spacial score (nSPS) is 10.3. The number of carbonyl (C=O) groups excluding carboxylic acids is 1. The summed E-state index contributed by atoms with van der Waals surface area (Å²) in [6, 6.07) is 16.8. The fourth-order valence-corrected chi connectivity index (χ4v) is 2.88. The SMILES string of the molecule is COc1ccc(Nc2cc(C(=O)NCCc3ccccc3OC)nc(C)n2)cc1. The summed E-state index contributed by atoms with van der Waals surface area (Å²) in [5, 5.41) is 6.09. The molecule has 0 radical (unpaired) electrons. The van der Waals surface area contributed by atoms with Gasteiger partial charge in [-0.05, 0) is 49.2 Å². The molecular weight excluding hydrogens is 368 g/mol. The first-order valence-corrected chi connectivity index (χ1v) is 9.26. The molecule has 1 amide bonds. The predicted octanol–water partition coefficient (Wildman–Crippen LogP) is 3.52. The minimum atomic E-state index is -0.247. The minimum absolute atomic E-state index is 0.247. The summed E-state index contributed by atoms with van der Waals surface area (Å²) in [4.78, 5) is 21.2. The number of ether oxygens (including phenoxy) is 2. The van der Waals surface area contributed by atoms with Gasteiger partial charge in [0.05, 0.1) is 14.2 Å². The molecule has 0 aliphatic heterocycles. The number of nitrogens with zero attached hydrogens (tertiary/aromatic N) is 2. The number of benzene rings is 2. The van der Waals surface area contributed by atoms with Crippen LogP contribution in [0, 0.1) is 6.92 Å². The van der Waals surface area contributed by atoms with Gasteiger partial charge in [0.2, 0.25) is 0 Å². The quantitative estimate of drug-likeness (QED) is 0.610. The summed E-state index contributed by atoms with van der Waals surface area (Å²) in [6.45, 7) is 2.23. The fourth-order valence-electron chi connectivity index (χ4n) is 2.88. The molecule has 2 N–H and O–H groups in total. The molecular formula is C22H24N4O3. The van der Waals surface area contributed by atoms with Crippen LogP contribution in [-0.4, -0.2) is 36.6 Å². The number of aryl methyl sites for hydroxylation is 1. The molecule has 0 spiro atoms. The monoisotopic (exact) mass is 392 g/mol. The van der Waals surface area contributed by atoms with Crippen molar-refractivity contribution in [1.82, 2.24) is 15.3 Å². The molecule has 0 aliphatic carbocycles. The van der Waals surface area contributed by atoms with Gasteiger partial charge in [0.15, 0.2) is 0 Å². The molecule has 0 bridgehead atoms. The van der Waals surface area contributed by atoms with Crippen molar-refractivity contribution in [3.63, 3.8) is 0 Å². The van der Waals surface area contributed by atoms with Crippen molar-refractivity contribution >= 4 is 17.4 Å². The second kappa shape index (κ2) is 9.54. The maximum absolute atomic E-state index is 12.6. The van der Waals surface area contributed by atoms with Crippen LogP contribution >= 0.6 is 0 Å². The van der Waals surface area contributed by atoms with Gasteiger partial charge >= 0.3 is 0 Å². The van der Waals surface area contributed by atoms with E-state index in [1.165, 1.54) is 0 Å². The number of para-hydroxylation sites is 1. The van der Waals surface area contributed by atoms with Crippen LogP contribution in [0.5, 0.6) is 11.5 Å². The summed E-state index contributed by atoms with van der Waals surface area (Å²) in [5.41, 5.74) is 2.19. The van der Waals surface area contributed by atoms with E-state index in [0.717, 1.165) is 22.7 Å². The Morgan fingerprint density at radius 2 is 1.76 bits per heavy atom. The molecule has 0 unspecified atom stereocenters. The molecule has 150 valence electrons. The number of methoxy groups -OCH3 is 2. The zero-order valence-corrected chi connectivity index (χ0v) is 16.7. The Morgan fingerprint density at radius 1 is 1.00 bits per heavy atom. The molecule has 0 aliphatic rings. The summed E-state index contributed by atoms with van der Waals surface area (Å²) in [5.74, 6) is 2.40. The van der Waals surface area contributed by atoms with E-state index < -0.39 is 0 Å². The molecule has 3 aromatic rings. The van der Waals surface area contributed by atoms with Crippen molar-refractivity contribution in [2.45, 2.75) is 13.3 Å². The Labute approximate surface area is 170 Å². The van der Waals surface area contributed by atoms with E-state index in [4.69, 9.17) is 9.47 Å². The van der Waals surface area contributed by atoms with E-state index in [2.05, 4.69) is 20.6 Å². The zero-order chi connectivity index (χ0) is 20.6. The topological polar surface area (TPSA) is 85.4 Å². The van der Waals surface area contributed by atoms with E-state index in [1.807, 2.05) is 48.5 Å². The largest absolute Gasteiger partial charge is 0.497 e. The number of carbonyl (C=O) groups is 1. The van der Waals surface area contributed by atoms with Gasteiger partial charge < -0.3 is 20.1 Å². The van der Waals surface area contributed by atoms with Gasteiger partial charge in [0, 0.05) is 18.3 Å². The summed E-state index contributed by atoms with van der Waals surface area (Å²) in [6.07, 6.45) is 0.663. The van der Waals surface area contributed by atoms with E-state index in [9.17, 15) is 4.79 Å². The highest BCUT2D eigenvalue weighted by atomic mass is 16.5.